The van der Waals surface area contributed by atoms with E-state index < -0.39 is 5.76 Å². The van der Waals surface area contributed by atoms with Gasteiger partial charge in [-0.05, 0) is 67.6 Å². The minimum absolute atomic E-state index is 0.0153. The van der Waals surface area contributed by atoms with E-state index in [1.807, 2.05) is 36.1 Å². The molecule has 1 aromatic heterocycles. The van der Waals surface area contributed by atoms with Crippen LogP contribution in [0, 0.1) is 6.92 Å². The van der Waals surface area contributed by atoms with Crippen LogP contribution in [-0.4, -0.2) is 48.1 Å². The summed E-state index contributed by atoms with van der Waals surface area (Å²) >= 11 is 0. The van der Waals surface area contributed by atoms with Crippen molar-refractivity contribution in [2.75, 3.05) is 19.0 Å². The number of hydrogen-bond donors (Lipinski definition) is 2. The summed E-state index contributed by atoms with van der Waals surface area (Å²) in [6.07, 6.45) is 7.27. The number of carbonyl (C=O) groups excluding carboxylic acids is 2. The van der Waals surface area contributed by atoms with Crippen LogP contribution in [0.3, 0.4) is 0 Å². The fraction of sp³-hybridized carbons (Fsp3) is 0.444. The van der Waals surface area contributed by atoms with E-state index in [-0.39, 0.29) is 17.9 Å². The van der Waals surface area contributed by atoms with Crippen LogP contribution in [0.1, 0.15) is 47.2 Å². The number of methoxy groups -OCH3 is 1. The number of oxazole rings is 1. The first-order valence-electron chi connectivity index (χ1n) is 12.8. The number of aryl methyl sites for hydroxylation is 1. The van der Waals surface area contributed by atoms with Crippen molar-refractivity contribution in [1.29, 1.82) is 0 Å². The van der Waals surface area contributed by atoms with Crippen LogP contribution >= 0.6 is 0 Å². The van der Waals surface area contributed by atoms with Gasteiger partial charge in [-0.3, -0.25) is 9.78 Å². The Morgan fingerprint density at radius 2 is 2.00 bits per heavy atom. The zero-order valence-electron chi connectivity index (χ0n) is 20.9. The van der Waals surface area contributed by atoms with E-state index in [9.17, 15) is 14.4 Å². The van der Waals surface area contributed by atoms with Crippen LogP contribution in [0.15, 0.2) is 39.5 Å². The van der Waals surface area contributed by atoms with Crippen LogP contribution in [0.25, 0.3) is 11.1 Å². The molecule has 2 aliphatic rings. The van der Waals surface area contributed by atoms with Crippen LogP contribution < -0.4 is 15.8 Å². The Kier molecular flexibility index (Phi) is 6.89. The smallest absolute Gasteiger partial charge is 0.417 e. The lowest BCUT2D eigenvalue weighted by Gasteiger charge is -2.35. The lowest BCUT2D eigenvalue weighted by atomic mass is 9.38. The number of nitrogens with zero attached hydrogens (tertiary/aromatic N) is 1. The molecule has 1 saturated heterocycles. The number of urea groups is 1. The molecule has 2 aromatic carbocycles. The van der Waals surface area contributed by atoms with E-state index >= 15 is 0 Å². The third kappa shape index (κ3) is 5.06. The quantitative estimate of drug-likeness (QED) is 0.353. The van der Waals surface area contributed by atoms with Crippen molar-refractivity contribution in [2.45, 2.75) is 64.0 Å². The third-order valence-corrected chi connectivity index (χ3v) is 7.76. The zero-order chi connectivity index (χ0) is 25.2. The second kappa shape index (κ2) is 10.2. The summed E-state index contributed by atoms with van der Waals surface area (Å²) < 4.78 is 10.5. The zero-order valence-corrected chi connectivity index (χ0v) is 20.9. The number of ether oxygens (including phenoxy) is 1. The Labute approximate surface area is 210 Å². The summed E-state index contributed by atoms with van der Waals surface area (Å²) in [4.78, 5) is 41.8. The molecule has 2 amide bonds. The molecule has 0 atom stereocenters. The van der Waals surface area contributed by atoms with Crippen molar-refractivity contribution < 1.29 is 18.7 Å². The van der Waals surface area contributed by atoms with Crippen LogP contribution in [0.2, 0.25) is 19.0 Å². The van der Waals surface area contributed by atoms with Crippen LogP contribution in [0.5, 0.6) is 5.75 Å². The van der Waals surface area contributed by atoms with Crippen LogP contribution in [-0.2, 0) is 6.42 Å². The standard InChI is InChI=1S/C27H32BN3O5/c1-17-14-19(16-24-25(17)30-27(34)36-24)23(32)4-3-10-28-11-7-20(8-12-28)31-13-9-18-15-21(35-2)5-6-22(18)29-26(31)33/h5-6,14-16,20H,3-4,7-13H2,1-2H3,(H,29,33)(H,30,34). The summed E-state index contributed by atoms with van der Waals surface area (Å²) in [6.45, 7) is 3.15. The number of hydrogen-bond acceptors (Lipinski definition) is 5. The maximum atomic E-state index is 12.9. The molecule has 36 heavy (non-hydrogen) atoms. The number of anilines is 1. The van der Waals surface area contributed by atoms with Gasteiger partial charge in [0.05, 0.1) is 12.6 Å². The van der Waals surface area contributed by atoms with E-state index in [1.54, 1.807) is 13.2 Å². The number of rotatable bonds is 7. The average molecular weight is 489 g/mol. The maximum absolute atomic E-state index is 12.9. The lowest BCUT2D eigenvalue weighted by Crippen LogP contribution is -2.45. The van der Waals surface area contributed by atoms with E-state index in [2.05, 4.69) is 10.3 Å². The predicted octanol–water partition coefficient (Wildman–Crippen LogP) is 5.15. The second-order valence-corrected chi connectivity index (χ2v) is 10.1. The molecular formula is C27H32BN3O5. The fourth-order valence-corrected chi connectivity index (χ4v) is 5.73. The number of H-pyrrole nitrogens is 1. The van der Waals surface area contributed by atoms with Gasteiger partial charge in [0.25, 0.3) is 0 Å². The number of benzene rings is 2. The molecule has 2 N–H and O–H groups in total. The number of ketones is 1. The van der Waals surface area contributed by atoms with Gasteiger partial charge in [-0.15, -0.1) is 0 Å². The number of Topliss-reactive ketones (excluding diaryl/α,β-unsaturated/α-hetero) is 1. The molecule has 9 heteroatoms. The van der Waals surface area contributed by atoms with E-state index in [0.717, 1.165) is 67.2 Å². The van der Waals surface area contributed by atoms with Gasteiger partial charge in [-0.2, -0.15) is 0 Å². The number of aromatic nitrogens is 1. The molecule has 0 unspecified atom stereocenters. The molecule has 3 heterocycles. The molecule has 0 saturated carbocycles. The molecule has 3 aromatic rings. The third-order valence-electron chi connectivity index (χ3n) is 7.76. The molecule has 0 spiro atoms. The Morgan fingerprint density at radius 1 is 1.19 bits per heavy atom. The Balaban J connectivity index is 1.10. The summed E-state index contributed by atoms with van der Waals surface area (Å²) in [5.74, 6) is 0.382. The van der Waals surface area contributed by atoms with Crippen molar-refractivity contribution in [3.05, 3.63) is 57.6 Å². The largest absolute Gasteiger partial charge is 0.497 e. The Bertz CT molecular complexity index is 1340. The Morgan fingerprint density at radius 3 is 2.78 bits per heavy atom. The first-order valence-corrected chi connectivity index (χ1v) is 12.8. The van der Waals surface area contributed by atoms with Gasteiger partial charge < -0.3 is 19.4 Å². The number of amides is 2. The minimum Gasteiger partial charge on any atom is -0.497 e. The highest BCUT2D eigenvalue weighted by molar-refractivity contribution is 6.59. The molecule has 5 rings (SSSR count). The predicted molar refractivity (Wildman–Crippen MR) is 141 cm³/mol. The molecule has 8 nitrogen and oxygen atoms in total. The molecule has 2 aliphatic heterocycles. The summed E-state index contributed by atoms with van der Waals surface area (Å²) in [5, 5.41) is 3.08. The Hall–Kier alpha value is -3.49. The van der Waals surface area contributed by atoms with Gasteiger partial charge in [-0.25, -0.2) is 9.59 Å². The number of fused-ring (bicyclic) bond motifs is 2. The van der Waals surface area contributed by atoms with Crippen LogP contribution in [0.4, 0.5) is 10.5 Å². The SMILES string of the molecule is COc1ccc2c(c1)CCN(C1CCB(CCCC(=O)c3cc(C)c4[nH]c(=O)oc4c3)CC1)C(=O)N2. The summed E-state index contributed by atoms with van der Waals surface area (Å²) in [5.41, 5.74) is 4.49. The highest BCUT2D eigenvalue weighted by Gasteiger charge is 2.31. The topological polar surface area (TPSA) is 105 Å². The van der Waals surface area contributed by atoms with Crippen molar-refractivity contribution >= 4 is 35.3 Å². The normalized spacial score (nSPS) is 16.6. The highest BCUT2D eigenvalue weighted by Crippen LogP contribution is 2.31. The highest BCUT2D eigenvalue weighted by atomic mass is 16.5. The molecular weight excluding hydrogens is 457 g/mol. The van der Waals surface area contributed by atoms with Gasteiger partial charge in [-0.1, -0.05) is 25.4 Å². The summed E-state index contributed by atoms with van der Waals surface area (Å²) in [6, 6.07) is 9.52. The van der Waals surface area contributed by atoms with E-state index in [1.165, 1.54) is 0 Å². The van der Waals surface area contributed by atoms with Gasteiger partial charge in [0.1, 0.15) is 12.5 Å². The monoisotopic (exact) mass is 489 g/mol. The van der Waals surface area contributed by atoms with Gasteiger partial charge >= 0.3 is 11.8 Å². The molecule has 0 bridgehead atoms. The van der Waals surface area contributed by atoms with Crippen molar-refractivity contribution in [2.24, 2.45) is 0 Å². The number of carbonyl (C=O) groups is 2. The minimum atomic E-state index is -0.504. The number of nitrogens with one attached hydrogen (secondary N) is 2. The molecule has 188 valence electrons. The van der Waals surface area contributed by atoms with Crippen molar-refractivity contribution in [1.82, 2.24) is 9.88 Å². The van der Waals surface area contributed by atoms with Gasteiger partial charge in [0, 0.05) is 30.3 Å². The van der Waals surface area contributed by atoms with Gasteiger partial charge in [0.15, 0.2) is 11.4 Å². The average Bonchev–Trinajstić information content (AvgIpc) is 3.18. The van der Waals surface area contributed by atoms with E-state index in [4.69, 9.17) is 9.15 Å². The lowest BCUT2D eigenvalue weighted by molar-refractivity contribution is 0.0981. The van der Waals surface area contributed by atoms with E-state index in [0.29, 0.717) is 36.3 Å². The van der Waals surface area contributed by atoms with Crippen molar-refractivity contribution in [3.8, 4) is 5.75 Å². The second-order valence-electron chi connectivity index (χ2n) is 10.1. The molecule has 0 aliphatic carbocycles. The fourth-order valence-electron chi connectivity index (χ4n) is 5.73. The molecule has 0 radical (unpaired) electrons. The van der Waals surface area contributed by atoms with Crippen molar-refractivity contribution in [3.63, 3.8) is 0 Å². The van der Waals surface area contributed by atoms with Gasteiger partial charge in [0.2, 0.25) is 0 Å². The maximum Gasteiger partial charge on any atom is 0.417 e. The first kappa shape index (κ1) is 24.2. The number of aromatic amines is 1. The summed E-state index contributed by atoms with van der Waals surface area (Å²) in [7, 11) is 1.65. The molecule has 1 fully saturated rings. The first-order chi connectivity index (χ1) is 17.4.